The SMILES string of the molecule is NCCCN1CCN(C(=O)CC2=C(C(=O)O)C(c3c(Cl)cccc3Cl)C(C(=O)O)=C(CCc3ccccc3)N2)CC1. The van der Waals surface area contributed by atoms with E-state index in [2.05, 4.69) is 10.2 Å². The number of carbonyl (C=O) groups is 3. The number of nitrogens with one attached hydrogen (secondary N) is 1. The van der Waals surface area contributed by atoms with Gasteiger partial charge in [-0.3, -0.25) is 9.69 Å². The van der Waals surface area contributed by atoms with Gasteiger partial charge in [0.15, 0.2) is 0 Å². The fourth-order valence-corrected chi connectivity index (χ4v) is 6.05. The summed E-state index contributed by atoms with van der Waals surface area (Å²) >= 11 is 13.0. The number of amides is 1. The van der Waals surface area contributed by atoms with Gasteiger partial charge in [0.05, 0.1) is 23.5 Å². The third-order valence-electron chi connectivity index (χ3n) is 7.52. The Morgan fingerprint density at radius 1 is 0.854 bits per heavy atom. The van der Waals surface area contributed by atoms with Gasteiger partial charge >= 0.3 is 11.9 Å². The van der Waals surface area contributed by atoms with Crippen molar-refractivity contribution < 1.29 is 24.6 Å². The minimum absolute atomic E-state index is 0.141. The molecule has 9 nitrogen and oxygen atoms in total. The van der Waals surface area contributed by atoms with Crippen LogP contribution >= 0.6 is 23.2 Å². The Balaban J connectivity index is 1.72. The normalized spacial score (nSPS) is 17.9. The van der Waals surface area contributed by atoms with Gasteiger partial charge in [-0.1, -0.05) is 59.6 Å². The predicted octanol–water partition coefficient (Wildman–Crippen LogP) is 3.87. The largest absolute Gasteiger partial charge is 0.478 e. The zero-order valence-electron chi connectivity index (χ0n) is 22.6. The standard InChI is InChI=1S/C30H34Cl2N4O5/c31-20-8-4-9-21(32)25(20)28-26(29(38)39)22(11-10-19-6-2-1-3-7-19)34-23(27(28)30(40)41)18-24(37)36-16-14-35(15-17-36)13-5-12-33/h1-4,6-9,28,34H,5,10-18,33H2,(H,38,39)(H,40,41). The molecule has 0 radical (unpaired) electrons. The minimum Gasteiger partial charge on any atom is -0.478 e. The van der Waals surface area contributed by atoms with Gasteiger partial charge in [0.2, 0.25) is 5.91 Å². The number of carboxylic acid groups (broad SMARTS) is 2. The van der Waals surface area contributed by atoms with Gasteiger partial charge in [0.25, 0.3) is 0 Å². The van der Waals surface area contributed by atoms with Gasteiger partial charge in [-0.15, -0.1) is 0 Å². The molecule has 2 aromatic carbocycles. The van der Waals surface area contributed by atoms with Gasteiger partial charge in [0.1, 0.15) is 0 Å². The van der Waals surface area contributed by atoms with E-state index in [9.17, 15) is 24.6 Å². The summed E-state index contributed by atoms with van der Waals surface area (Å²) in [6, 6.07) is 14.2. The Morgan fingerprint density at radius 3 is 2.05 bits per heavy atom. The topological polar surface area (TPSA) is 136 Å². The van der Waals surface area contributed by atoms with Crippen molar-refractivity contribution in [3.8, 4) is 0 Å². The van der Waals surface area contributed by atoms with Gasteiger partial charge in [-0.25, -0.2) is 9.59 Å². The summed E-state index contributed by atoms with van der Waals surface area (Å²) in [5.74, 6) is -4.17. The lowest BCUT2D eigenvalue weighted by molar-refractivity contribution is -0.133. The van der Waals surface area contributed by atoms with E-state index in [0.29, 0.717) is 44.8 Å². The number of carbonyl (C=O) groups excluding carboxylic acids is 1. The number of halogens is 2. The molecule has 1 atom stereocenters. The van der Waals surface area contributed by atoms with Crippen LogP contribution in [-0.4, -0.2) is 77.1 Å². The van der Waals surface area contributed by atoms with Crippen LogP contribution in [0.5, 0.6) is 0 Å². The summed E-state index contributed by atoms with van der Waals surface area (Å²) < 4.78 is 0. The summed E-state index contributed by atoms with van der Waals surface area (Å²) in [7, 11) is 0. The number of dihydropyridines is 1. The molecule has 4 rings (SSSR count). The number of hydrogen-bond acceptors (Lipinski definition) is 6. The third kappa shape index (κ3) is 7.29. The molecule has 2 heterocycles. The Kier molecular flexibility index (Phi) is 10.4. The van der Waals surface area contributed by atoms with Crippen LogP contribution in [0.2, 0.25) is 10.0 Å². The molecule has 2 aliphatic heterocycles. The van der Waals surface area contributed by atoms with Crippen molar-refractivity contribution in [2.75, 3.05) is 39.3 Å². The summed E-state index contributed by atoms with van der Waals surface area (Å²) in [6.07, 6.45) is 1.42. The van der Waals surface area contributed by atoms with Crippen LogP contribution in [0.4, 0.5) is 0 Å². The maximum absolute atomic E-state index is 13.5. The molecule has 11 heteroatoms. The fraction of sp³-hybridized carbons (Fsp3) is 0.367. The molecule has 1 fully saturated rings. The number of carboxylic acids is 2. The molecular formula is C30H34Cl2N4O5. The Morgan fingerprint density at radius 2 is 1.46 bits per heavy atom. The molecule has 2 aliphatic rings. The number of aryl methyl sites for hydroxylation is 1. The van der Waals surface area contributed by atoms with Crippen molar-refractivity contribution in [2.45, 2.75) is 31.6 Å². The van der Waals surface area contributed by atoms with E-state index < -0.39 is 17.9 Å². The molecule has 0 aliphatic carbocycles. The first-order chi connectivity index (χ1) is 19.7. The second-order valence-corrected chi connectivity index (χ2v) is 10.9. The number of piperazine rings is 1. The lowest BCUT2D eigenvalue weighted by Crippen LogP contribution is -2.49. The first-order valence-corrected chi connectivity index (χ1v) is 14.3. The summed E-state index contributed by atoms with van der Waals surface area (Å²) in [5, 5.41) is 24.2. The lowest BCUT2D eigenvalue weighted by Gasteiger charge is -2.36. The molecule has 218 valence electrons. The van der Waals surface area contributed by atoms with E-state index in [-0.39, 0.29) is 51.2 Å². The number of nitrogens with two attached hydrogens (primary N) is 1. The van der Waals surface area contributed by atoms with Crippen LogP contribution in [0.25, 0.3) is 0 Å². The van der Waals surface area contributed by atoms with Crippen molar-refractivity contribution in [1.29, 1.82) is 0 Å². The number of aliphatic carboxylic acids is 2. The third-order valence-corrected chi connectivity index (χ3v) is 8.18. The maximum Gasteiger partial charge on any atom is 0.334 e. The highest BCUT2D eigenvalue weighted by atomic mass is 35.5. The fourth-order valence-electron chi connectivity index (χ4n) is 5.44. The van der Waals surface area contributed by atoms with Crippen molar-refractivity contribution in [1.82, 2.24) is 15.1 Å². The molecular weight excluding hydrogens is 567 g/mol. The van der Waals surface area contributed by atoms with Crippen LogP contribution in [0.3, 0.4) is 0 Å². The first kappa shape index (κ1) is 30.6. The second-order valence-electron chi connectivity index (χ2n) is 10.1. The quantitative estimate of drug-likeness (QED) is 0.305. The molecule has 0 saturated carbocycles. The molecule has 0 bridgehead atoms. The highest BCUT2D eigenvalue weighted by Crippen LogP contribution is 2.45. The number of benzene rings is 2. The molecule has 1 amide bonds. The van der Waals surface area contributed by atoms with Gasteiger partial charge in [0, 0.05) is 53.2 Å². The first-order valence-electron chi connectivity index (χ1n) is 13.6. The lowest BCUT2D eigenvalue weighted by atomic mass is 9.78. The van der Waals surface area contributed by atoms with Crippen molar-refractivity contribution in [3.05, 3.63) is 92.2 Å². The average molecular weight is 602 g/mol. The van der Waals surface area contributed by atoms with E-state index in [1.165, 1.54) is 0 Å². The van der Waals surface area contributed by atoms with Crippen molar-refractivity contribution in [2.24, 2.45) is 5.73 Å². The van der Waals surface area contributed by atoms with Gasteiger partial charge < -0.3 is 26.2 Å². The van der Waals surface area contributed by atoms with Crippen LogP contribution in [0.1, 0.15) is 36.3 Å². The summed E-state index contributed by atoms with van der Waals surface area (Å²) in [4.78, 5) is 43.0. The van der Waals surface area contributed by atoms with Gasteiger partial charge in [-0.2, -0.15) is 0 Å². The highest BCUT2D eigenvalue weighted by molar-refractivity contribution is 6.36. The highest BCUT2D eigenvalue weighted by Gasteiger charge is 2.41. The van der Waals surface area contributed by atoms with Crippen molar-refractivity contribution >= 4 is 41.0 Å². The van der Waals surface area contributed by atoms with E-state index in [1.807, 2.05) is 30.3 Å². The molecule has 0 aromatic heterocycles. The number of nitrogens with zero attached hydrogens (tertiary/aromatic N) is 2. The molecule has 0 spiro atoms. The van der Waals surface area contributed by atoms with Gasteiger partial charge in [-0.05, 0) is 50.0 Å². The Hall–Kier alpha value is -3.37. The molecule has 2 aromatic rings. The molecule has 1 saturated heterocycles. The van der Waals surface area contributed by atoms with E-state index in [4.69, 9.17) is 28.9 Å². The maximum atomic E-state index is 13.5. The van der Waals surface area contributed by atoms with Crippen LogP contribution in [0, 0.1) is 0 Å². The Labute approximate surface area is 249 Å². The monoisotopic (exact) mass is 600 g/mol. The Bertz CT molecular complexity index is 1330. The summed E-state index contributed by atoms with van der Waals surface area (Å²) in [5.41, 5.74) is 6.84. The smallest absolute Gasteiger partial charge is 0.334 e. The minimum atomic E-state index is -1.35. The predicted molar refractivity (Wildman–Crippen MR) is 158 cm³/mol. The zero-order valence-corrected chi connectivity index (χ0v) is 24.1. The number of rotatable bonds is 11. The summed E-state index contributed by atoms with van der Waals surface area (Å²) in [6.45, 7) is 3.89. The number of hydrogen-bond donors (Lipinski definition) is 4. The molecule has 5 N–H and O–H groups in total. The van der Waals surface area contributed by atoms with Crippen LogP contribution < -0.4 is 11.1 Å². The van der Waals surface area contributed by atoms with E-state index in [0.717, 1.165) is 18.5 Å². The van der Waals surface area contributed by atoms with E-state index >= 15 is 0 Å². The van der Waals surface area contributed by atoms with Crippen LogP contribution in [0.15, 0.2) is 71.1 Å². The zero-order chi connectivity index (χ0) is 29.5. The second kappa shape index (κ2) is 14.0. The molecule has 1 unspecified atom stereocenters. The average Bonchev–Trinajstić information content (AvgIpc) is 2.95. The van der Waals surface area contributed by atoms with Crippen molar-refractivity contribution in [3.63, 3.8) is 0 Å². The van der Waals surface area contributed by atoms with Crippen LogP contribution in [-0.2, 0) is 20.8 Å². The number of allylic oxidation sites excluding steroid dienone is 1. The van der Waals surface area contributed by atoms with E-state index in [1.54, 1.807) is 23.1 Å². The molecule has 41 heavy (non-hydrogen) atoms.